The van der Waals surface area contributed by atoms with Crippen molar-refractivity contribution in [3.05, 3.63) is 34.4 Å². The molecule has 0 radical (unpaired) electrons. The van der Waals surface area contributed by atoms with Crippen molar-refractivity contribution in [3.8, 4) is 0 Å². The number of methoxy groups -OCH3 is 1. The van der Waals surface area contributed by atoms with Gasteiger partial charge in [-0.25, -0.2) is 9.31 Å². The number of nitrogens with zero attached hydrogens (tertiary/aromatic N) is 2. The van der Waals surface area contributed by atoms with Crippen molar-refractivity contribution < 1.29 is 11.0 Å². The summed E-state index contributed by atoms with van der Waals surface area (Å²) in [5.74, 6) is -0.533. The lowest BCUT2D eigenvalue weighted by Gasteiger charge is -1.90. The van der Waals surface area contributed by atoms with Crippen molar-refractivity contribution in [1.82, 2.24) is 14.6 Å². The zero-order valence-electron chi connectivity index (χ0n) is 9.35. The van der Waals surface area contributed by atoms with Crippen LogP contribution in [0, 0.1) is 0 Å². The monoisotopic (exact) mass is 225 g/mol. The van der Waals surface area contributed by atoms with E-state index in [1.165, 1.54) is 30.0 Å². The second kappa shape index (κ2) is 5.11. The topological polar surface area (TPSA) is 76.5 Å². The second-order valence-electron chi connectivity index (χ2n) is 2.66. The van der Waals surface area contributed by atoms with E-state index in [2.05, 4.69) is 14.8 Å². The van der Waals surface area contributed by atoms with Crippen LogP contribution in [0.5, 0.6) is 0 Å². The number of aromatic amines is 1. The first-order valence-electron chi connectivity index (χ1n) is 4.88. The Morgan fingerprint density at radius 3 is 2.88 bits per heavy atom. The van der Waals surface area contributed by atoms with Gasteiger partial charge < -0.3 is 9.72 Å². The van der Waals surface area contributed by atoms with Crippen LogP contribution in [0.1, 0.15) is 25.8 Å². The molecule has 2 rings (SSSR count). The molecule has 0 amide bonds. The molecular weight excluding hydrogens is 210 g/mol. The quantitative estimate of drug-likeness (QED) is 0.737. The van der Waals surface area contributed by atoms with Crippen molar-refractivity contribution >= 4 is 11.6 Å². The number of H-pyrrole nitrogens is 1. The van der Waals surface area contributed by atoms with Crippen molar-refractivity contribution in [1.29, 1.82) is 0 Å². The van der Waals surface area contributed by atoms with Gasteiger partial charge in [0.1, 0.15) is 5.65 Å². The predicted octanol–water partition coefficient (Wildman–Crippen LogP) is 1.08. The van der Waals surface area contributed by atoms with E-state index in [-0.39, 0.29) is 12.7 Å². The van der Waals surface area contributed by atoms with E-state index in [0.717, 1.165) is 0 Å². The molecule has 0 aliphatic carbocycles. The van der Waals surface area contributed by atoms with Crippen LogP contribution >= 0.6 is 0 Å². The number of rotatable bonds is 1. The molecule has 0 saturated heterocycles. The normalized spacial score (nSPS) is 9.44. The van der Waals surface area contributed by atoms with Crippen LogP contribution in [0.25, 0.3) is 5.65 Å². The Morgan fingerprint density at radius 2 is 2.25 bits per heavy atom. The molecule has 0 aliphatic rings. The number of hydrogen-bond acceptors (Lipinski definition) is 4. The lowest BCUT2D eigenvalue weighted by molar-refractivity contribution is 0.0593. The number of nitrogens with one attached hydrogen (secondary N) is 1. The van der Waals surface area contributed by atoms with Gasteiger partial charge in [0.05, 0.1) is 7.11 Å². The minimum absolute atomic E-state index is 0. The molecule has 0 aliphatic heterocycles. The van der Waals surface area contributed by atoms with E-state index in [4.69, 9.17) is 0 Å². The summed E-state index contributed by atoms with van der Waals surface area (Å²) >= 11 is 0. The fourth-order valence-electron chi connectivity index (χ4n) is 1.11. The standard InChI is InChI=1S/C8H7N3O3.C2H6.H2/c1-14-8(13)5-4-6-9-7(12)2-3-11(6)10-5;1-2;/h2-4H,1H3,(H,9,12);1-2H3;1H. The van der Waals surface area contributed by atoms with Crippen LogP contribution < -0.4 is 5.56 Å². The predicted molar refractivity (Wildman–Crippen MR) is 60.6 cm³/mol. The van der Waals surface area contributed by atoms with Crippen molar-refractivity contribution in [2.24, 2.45) is 0 Å². The van der Waals surface area contributed by atoms with Gasteiger partial charge in [0.2, 0.25) is 0 Å². The van der Waals surface area contributed by atoms with E-state index >= 15 is 0 Å². The highest BCUT2D eigenvalue weighted by atomic mass is 16.5. The summed E-state index contributed by atoms with van der Waals surface area (Å²) in [4.78, 5) is 24.5. The Bertz CT molecular complexity index is 547. The summed E-state index contributed by atoms with van der Waals surface area (Å²) in [6.07, 6.45) is 1.47. The number of ether oxygens (including phenoxy) is 1. The molecule has 88 valence electrons. The van der Waals surface area contributed by atoms with Gasteiger partial charge in [-0.15, -0.1) is 0 Å². The molecule has 0 spiro atoms. The summed E-state index contributed by atoms with van der Waals surface area (Å²) in [6.45, 7) is 4.00. The zero-order chi connectivity index (χ0) is 12.1. The maximum Gasteiger partial charge on any atom is 0.358 e. The molecule has 0 atom stereocenters. The van der Waals surface area contributed by atoms with Gasteiger partial charge in [-0.3, -0.25) is 4.79 Å². The van der Waals surface area contributed by atoms with Gasteiger partial charge in [0, 0.05) is 19.8 Å². The summed E-state index contributed by atoms with van der Waals surface area (Å²) in [7, 11) is 1.27. The van der Waals surface area contributed by atoms with E-state index in [1.807, 2.05) is 13.8 Å². The minimum Gasteiger partial charge on any atom is -0.464 e. The SMILES string of the molecule is CC.COC(=O)c1cc2[nH]c(=O)ccn2n1.[HH]. The van der Waals surface area contributed by atoms with E-state index in [1.54, 1.807) is 0 Å². The Hall–Kier alpha value is -2.11. The molecule has 16 heavy (non-hydrogen) atoms. The molecule has 0 unspecified atom stereocenters. The molecule has 0 saturated carbocycles. The number of aromatic nitrogens is 3. The maximum atomic E-state index is 11.1. The summed E-state index contributed by atoms with van der Waals surface area (Å²) in [6, 6.07) is 2.77. The first kappa shape index (κ1) is 12.0. The smallest absolute Gasteiger partial charge is 0.358 e. The Labute approximate surface area is 93.3 Å². The molecule has 2 heterocycles. The van der Waals surface area contributed by atoms with Crippen molar-refractivity contribution in [3.63, 3.8) is 0 Å². The number of fused-ring (bicyclic) bond motifs is 1. The first-order valence-corrected chi connectivity index (χ1v) is 4.88. The van der Waals surface area contributed by atoms with E-state index in [9.17, 15) is 9.59 Å². The Kier molecular flexibility index (Phi) is 3.82. The molecule has 6 nitrogen and oxygen atoms in total. The van der Waals surface area contributed by atoms with Crippen LogP contribution in [-0.4, -0.2) is 27.7 Å². The second-order valence-corrected chi connectivity index (χ2v) is 2.66. The first-order chi connectivity index (χ1) is 7.70. The highest BCUT2D eigenvalue weighted by molar-refractivity contribution is 5.88. The zero-order valence-corrected chi connectivity index (χ0v) is 9.35. The molecule has 0 bridgehead atoms. The minimum atomic E-state index is -0.533. The molecule has 2 aromatic rings. The van der Waals surface area contributed by atoms with Gasteiger partial charge >= 0.3 is 5.97 Å². The average molecular weight is 225 g/mol. The number of carbonyl (C=O) groups is 1. The van der Waals surface area contributed by atoms with Gasteiger partial charge in [0.15, 0.2) is 5.69 Å². The Balaban J connectivity index is 0.000000811. The van der Waals surface area contributed by atoms with Crippen LogP contribution in [-0.2, 0) is 4.74 Å². The molecule has 2 aromatic heterocycles. The fraction of sp³-hybridized carbons (Fsp3) is 0.300. The summed E-state index contributed by atoms with van der Waals surface area (Å²) in [5, 5.41) is 3.90. The third kappa shape index (κ3) is 2.28. The fourth-order valence-corrected chi connectivity index (χ4v) is 1.11. The largest absolute Gasteiger partial charge is 0.464 e. The summed E-state index contributed by atoms with van der Waals surface area (Å²) in [5.41, 5.74) is 0.376. The highest BCUT2D eigenvalue weighted by Crippen LogP contribution is 2.02. The molecular formula is C10H15N3O3. The third-order valence-electron chi connectivity index (χ3n) is 1.75. The summed E-state index contributed by atoms with van der Waals surface area (Å²) < 4.78 is 5.89. The van der Waals surface area contributed by atoms with Gasteiger partial charge in [-0.1, -0.05) is 13.8 Å². The number of hydrogen-bond donors (Lipinski definition) is 1. The van der Waals surface area contributed by atoms with Crippen LogP contribution in [0.3, 0.4) is 0 Å². The molecule has 0 aromatic carbocycles. The molecule has 1 N–H and O–H groups in total. The van der Waals surface area contributed by atoms with Gasteiger partial charge in [-0.05, 0) is 0 Å². The number of carbonyl (C=O) groups excluding carboxylic acids is 1. The van der Waals surface area contributed by atoms with E-state index in [0.29, 0.717) is 5.65 Å². The maximum absolute atomic E-state index is 11.1. The van der Waals surface area contributed by atoms with Crippen molar-refractivity contribution in [2.45, 2.75) is 13.8 Å². The van der Waals surface area contributed by atoms with Crippen molar-refractivity contribution in [2.75, 3.05) is 7.11 Å². The highest BCUT2D eigenvalue weighted by Gasteiger charge is 2.10. The van der Waals surface area contributed by atoms with Gasteiger partial charge in [0.25, 0.3) is 5.56 Å². The lowest BCUT2D eigenvalue weighted by atomic mass is 10.4. The van der Waals surface area contributed by atoms with Crippen LogP contribution in [0.4, 0.5) is 0 Å². The Morgan fingerprint density at radius 1 is 1.56 bits per heavy atom. The average Bonchev–Trinajstić information content (AvgIpc) is 2.73. The van der Waals surface area contributed by atoms with E-state index < -0.39 is 5.97 Å². The van der Waals surface area contributed by atoms with Crippen LogP contribution in [0.15, 0.2) is 23.1 Å². The van der Waals surface area contributed by atoms with Crippen LogP contribution in [0.2, 0.25) is 0 Å². The number of esters is 1. The molecule has 6 heteroatoms. The third-order valence-corrected chi connectivity index (χ3v) is 1.75. The molecule has 0 fully saturated rings. The lowest BCUT2D eigenvalue weighted by Crippen LogP contribution is -2.05. The van der Waals surface area contributed by atoms with Gasteiger partial charge in [-0.2, -0.15) is 5.10 Å².